The van der Waals surface area contributed by atoms with Crippen molar-refractivity contribution >= 4 is 23.3 Å². The van der Waals surface area contributed by atoms with E-state index in [2.05, 4.69) is 15.3 Å². The van der Waals surface area contributed by atoms with Crippen LogP contribution in [0, 0.1) is 6.92 Å². The fourth-order valence-electron chi connectivity index (χ4n) is 2.44. The Morgan fingerprint density at radius 3 is 2.11 bits per heavy atom. The normalized spacial score (nSPS) is 11.0. The average Bonchev–Trinajstić information content (AvgIpc) is 2.94. The van der Waals surface area contributed by atoms with Crippen LogP contribution < -0.4 is 5.56 Å². The molecule has 0 unspecified atom stereocenters. The van der Waals surface area contributed by atoms with Crippen molar-refractivity contribution in [3.63, 3.8) is 0 Å². The van der Waals surface area contributed by atoms with E-state index in [4.69, 9.17) is 10.2 Å². The topological polar surface area (TPSA) is 137 Å². The third-order valence-electron chi connectivity index (χ3n) is 3.73. The molecule has 0 aliphatic rings. The second kappa shape index (κ2) is 7.08. The van der Waals surface area contributed by atoms with E-state index >= 15 is 0 Å². The van der Waals surface area contributed by atoms with Crippen molar-refractivity contribution in [2.75, 3.05) is 0 Å². The lowest BCUT2D eigenvalue weighted by Crippen LogP contribution is -2.13. The van der Waals surface area contributed by atoms with Crippen molar-refractivity contribution in [1.82, 2.24) is 9.78 Å². The first-order chi connectivity index (χ1) is 12.9. The van der Waals surface area contributed by atoms with Gasteiger partial charge in [-0.15, -0.1) is 5.11 Å². The third-order valence-corrected chi connectivity index (χ3v) is 3.73. The van der Waals surface area contributed by atoms with Gasteiger partial charge in [-0.25, -0.2) is 14.3 Å². The Kier molecular flexibility index (Phi) is 4.67. The van der Waals surface area contributed by atoms with Crippen LogP contribution in [0.15, 0.2) is 63.6 Å². The number of carboxylic acid groups (broad SMARTS) is 2. The maximum absolute atomic E-state index is 12.6. The van der Waals surface area contributed by atoms with Crippen LogP contribution in [0.3, 0.4) is 0 Å². The minimum Gasteiger partial charge on any atom is -0.478 e. The summed E-state index contributed by atoms with van der Waals surface area (Å²) >= 11 is 0. The predicted octanol–water partition coefficient (Wildman–Crippen LogP) is 3.29. The number of nitrogens with one attached hydrogen (secondary N) is 1. The van der Waals surface area contributed by atoms with Crippen LogP contribution in [0.4, 0.5) is 11.4 Å². The summed E-state index contributed by atoms with van der Waals surface area (Å²) in [5, 5.41) is 28.8. The molecule has 0 bridgehead atoms. The van der Waals surface area contributed by atoms with Crippen LogP contribution in [0.5, 0.6) is 0 Å². The summed E-state index contributed by atoms with van der Waals surface area (Å²) in [5.74, 6) is -2.59. The fourth-order valence-corrected chi connectivity index (χ4v) is 2.44. The van der Waals surface area contributed by atoms with Crippen molar-refractivity contribution < 1.29 is 19.8 Å². The molecule has 3 N–H and O–H groups in total. The molecular weight excluding hydrogens is 352 g/mol. The highest BCUT2D eigenvalue weighted by Crippen LogP contribution is 2.22. The Bertz CT molecular complexity index is 1080. The summed E-state index contributed by atoms with van der Waals surface area (Å²) in [7, 11) is 0. The van der Waals surface area contributed by atoms with Gasteiger partial charge in [-0.2, -0.15) is 5.11 Å². The molecule has 0 saturated carbocycles. The summed E-state index contributed by atoms with van der Waals surface area (Å²) in [4.78, 5) is 34.8. The number of carboxylic acids is 2. The number of rotatable bonds is 5. The fraction of sp³-hybridized carbons (Fsp3) is 0.0556. The largest absolute Gasteiger partial charge is 0.478 e. The van der Waals surface area contributed by atoms with Gasteiger partial charge in [0.05, 0.1) is 28.2 Å². The molecule has 0 spiro atoms. The summed E-state index contributed by atoms with van der Waals surface area (Å²) in [6.45, 7) is 1.64. The van der Waals surface area contributed by atoms with E-state index in [0.717, 1.165) is 6.07 Å². The van der Waals surface area contributed by atoms with Crippen LogP contribution in [0.2, 0.25) is 0 Å². The summed E-state index contributed by atoms with van der Waals surface area (Å²) < 4.78 is 1.31. The number of hydrogen-bond acceptors (Lipinski definition) is 5. The number of nitrogens with zero attached hydrogens (tertiary/aromatic N) is 3. The first-order valence-corrected chi connectivity index (χ1v) is 7.77. The number of aryl methyl sites for hydroxylation is 1. The van der Waals surface area contributed by atoms with E-state index in [9.17, 15) is 14.4 Å². The Morgan fingerprint density at radius 2 is 1.56 bits per heavy atom. The molecule has 0 saturated heterocycles. The van der Waals surface area contributed by atoms with Crippen molar-refractivity contribution in [3.8, 4) is 5.69 Å². The quantitative estimate of drug-likeness (QED) is 0.595. The summed E-state index contributed by atoms with van der Waals surface area (Å²) in [6.07, 6.45) is 0. The lowest BCUT2D eigenvalue weighted by molar-refractivity contribution is 0.0696. The molecule has 0 radical (unpaired) electrons. The summed E-state index contributed by atoms with van der Waals surface area (Å²) in [6, 6.07) is 12.2. The zero-order chi connectivity index (χ0) is 19.6. The van der Waals surface area contributed by atoms with E-state index in [1.54, 1.807) is 31.2 Å². The Hall–Kier alpha value is -4.01. The van der Waals surface area contributed by atoms with Gasteiger partial charge in [-0.05, 0) is 37.3 Å². The first kappa shape index (κ1) is 17.8. The van der Waals surface area contributed by atoms with Crippen molar-refractivity contribution in [2.24, 2.45) is 10.2 Å². The number of aromatic amines is 1. The van der Waals surface area contributed by atoms with E-state index in [0.29, 0.717) is 11.4 Å². The van der Waals surface area contributed by atoms with Crippen LogP contribution in [0.1, 0.15) is 26.4 Å². The molecule has 0 aliphatic heterocycles. The Morgan fingerprint density at radius 1 is 0.963 bits per heavy atom. The van der Waals surface area contributed by atoms with E-state index in [-0.39, 0.29) is 22.5 Å². The van der Waals surface area contributed by atoms with Crippen LogP contribution >= 0.6 is 0 Å². The maximum atomic E-state index is 12.6. The number of azo groups is 1. The zero-order valence-corrected chi connectivity index (χ0v) is 14.1. The molecule has 9 heteroatoms. The molecule has 2 aromatic carbocycles. The van der Waals surface area contributed by atoms with E-state index in [1.807, 2.05) is 6.07 Å². The van der Waals surface area contributed by atoms with Crippen LogP contribution in [-0.4, -0.2) is 31.9 Å². The smallest absolute Gasteiger partial charge is 0.335 e. The van der Waals surface area contributed by atoms with Gasteiger partial charge in [0.25, 0.3) is 5.56 Å². The van der Waals surface area contributed by atoms with Gasteiger partial charge in [0, 0.05) is 0 Å². The molecule has 27 heavy (non-hydrogen) atoms. The van der Waals surface area contributed by atoms with Crippen LogP contribution in [0.25, 0.3) is 5.69 Å². The SMILES string of the molecule is Cc1[nH]n(-c2ccccc2)c(=O)c1N=Nc1cc(C(=O)O)cc(C(=O)O)c1. The lowest BCUT2D eigenvalue weighted by Gasteiger charge is -2.00. The highest BCUT2D eigenvalue weighted by Gasteiger charge is 2.14. The van der Waals surface area contributed by atoms with Gasteiger partial charge < -0.3 is 10.2 Å². The standard InChI is InChI=1S/C18H14N4O5/c1-10-15(16(23)22(21-10)14-5-3-2-4-6-14)20-19-13-8-11(17(24)25)7-12(9-13)18(26)27/h2-9,21H,1H3,(H,24,25)(H,26,27). The van der Waals surface area contributed by atoms with E-state index < -0.39 is 17.5 Å². The zero-order valence-electron chi connectivity index (χ0n) is 14.1. The number of carbonyl (C=O) groups is 2. The number of aromatic nitrogens is 2. The lowest BCUT2D eigenvalue weighted by atomic mass is 10.1. The maximum Gasteiger partial charge on any atom is 0.335 e. The molecule has 0 atom stereocenters. The van der Waals surface area contributed by atoms with Gasteiger partial charge in [-0.1, -0.05) is 18.2 Å². The van der Waals surface area contributed by atoms with Gasteiger partial charge in [0.2, 0.25) is 0 Å². The highest BCUT2D eigenvalue weighted by molar-refractivity contribution is 5.95. The Labute approximate surface area is 152 Å². The van der Waals surface area contributed by atoms with Gasteiger partial charge >= 0.3 is 11.9 Å². The number of benzene rings is 2. The van der Waals surface area contributed by atoms with Gasteiger partial charge in [0.15, 0.2) is 5.69 Å². The van der Waals surface area contributed by atoms with Gasteiger partial charge in [0.1, 0.15) is 0 Å². The average molecular weight is 366 g/mol. The monoisotopic (exact) mass is 366 g/mol. The van der Waals surface area contributed by atoms with Crippen molar-refractivity contribution in [1.29, 1.82) is 0 Å². The molecule has 0 aliphatic carbocycles. The third kappa shape index (κ3) is 3.66. The summed E-state index contributed by atoms with van der Waals surface area (Å²) in [5.41, 5.74) is 0.214. The number of para-hydroxylation sites is 1. The molecule has 0 amide bonds. The number of hydrogen-bond donors (Lipinski definition) is 3. The van der Waals surface area contributed by atoms with Crippen molar-refractivity contribution in [3.05, 3.63) is 75.7 Å². The van der Waals surface area contributed by atoms with Crippen LogP contribution in [-0.2, 0) is 0 Å². The predicted molar refractivity (Wildman–Crippen MR) is 95.7 cm³/mol. The second-order valence-electron chi connectivity index (χ2n) is 5.64. The van der Waals surface area contributed by atoms with Gasteiger partial charge in [-0.3, -0.25) is 9.89 Å². The first-order valence-electron chi connectivity index (χ1n) is 7.77. The molecule has 9 nitrogen and oxygen atoms in total. The molecule has 3 aromatic rings. The molecule has 1 heterocycles. The van der Waals surface area contributed by atoms with E-state index in [1.165, 1.54) is 16.8 Å². The number of H-pyrrole nitrogens is 1. The molecular formula is C18H14N4O5. The molecule has 0 fully saturated rings. The van der Waals surface area contributed by atoms with Crippen molar-refractivity contribution in [2.45, 2.75) is 6.92 Å². The molecule has 136 valence electrons. The minimum absolute atomic E-state index is 0.0126. The second-order valence-corrected chi connectivity index (χ2v) is 5.64. The Balaban J connectivity index is 2.02. The number of aromatic carboxylic acids is 2. The minimum atomic E-state index is -1.29. The highest BCUT2D eigenvalue weighted by atomic mass is 16.4. The molecule has 3 rings (SSSR count). The molecule has 1 aromatic heterocycles.